The maximum absolute atomic E-state index is 3.98. The molecule has 0 saturated carbocycles. The van der Waals surface area contributed by atoms with Gasteiger partial charge in [0.25, 0.3) is 0 Å². The highest BCUT2D eigenvalue weighted by molar-refractivity contribution is 9.10. The zero-order chi connectivity index (χ0) is 10.5. The Morgan fingerprint density at radius 3 is 2.29 bits per heavy atom. The monoisotopic (exact) mass is 334 g/mol. The first-order valence-electron chi connectivity index (χ1n) is 4.73. The fraction of sp³-hybridized carbons (Fsp3) is 0.0833. The van der Waals surface area contributed by atoms with Crippen molar-refractivity contribution >= 4 is 46.4 Å². The summed E-state index contributed by atoms with van der Waals surface area (Å²) in [6.07, 6.45) is 3.61. The lowest BCUT2D eigenvalue weighted by Crippen LogP contribution is -1.99. The SMILES string of the molecule is Brc1ccccc1NCc1ccncc1.Cl.Cl. The summed E-state index contributed by atoms with van der Waals surface area (Å²) in [5.74, 6) is 0. The summed E-state index contributed by atoms with van der Waals surface area (Å²) < 4.78 is 1.08. The largest absolute Gasteiger partial charge is 0.380 e. The van der Waals surface area contributed by atoms with Gasteiger partial charge in [0.15, 0.2) is 0 Å². The number of rotatable bonds is 3. The van der Waals surface area contributed by atoms with E-state index in [4.69, 9.17) is 0 Å². The lowest BCUT2D eigenvalue weighted by atomic mass is 10.2. The van der Waals surface area contributed by atoms with Crippen molar-refractivity contribution in [2.24, 2.45) is 0 Å². The van der Waals surface area contributed by atoms with Crippen molar-refractivity contribution in [1.29, 1.82) is 0 Å². The molecule has 0 aliphatic carbocycles. The standard InChI is InChI=1S/C12H11BrN2.2ClH/c13-11-3-1-2-4-12(11)15-9-10-5-7-14-8-6-10;;/h1-8,15H,9H2;2*1H. The number of anilines is 1. The van der Waals surface area contributed by atoms with E-state index in [0.29, 0.717) is 0 Å². The van der Waals surface area contributed by atoms with Crippen molar-refractivity contribution in [2.45, 2.75) is 6.54 Å². The first-order chi connectivity index (χ1) is 7.36. The number of benzene rings is 1. The Labute approximate surface area is 122 Å². The third-order valence-corrected chi connectivity index (χ3v) is 2.80. The molecule has 2 rings (SSSR count). The Morgan fingerprint density at radius 2 is 1.65 bits per heavy atom. The van der Waals surface area contributed by atoms with Crippen molar-refractivity contribution in [2.75, 3.05) is 5.32 Å². The number of hydrogen-bond acceptors (Lipinski definition) is 2. The van der Waals surface area contributed by atoms with E-state index in [1.807, 2.05) is 36.4 Å². The maximum Gasteiger partial charge on any atom is 0.0487 e. The van der Waals surface area contributed by atoms with Crippen LogP contribution in [0.25, 0.3) is 0 Å². The third kappa shape index (κ3) is 4.94. The van der Waals surface area contributed by atoms with Crippen LogP contribution >= 0.6 is 40.7 Å². The van der Waals surface area contributed by atoms with Crippen molar-refractivity contribution in [3.05, 3.63) is 58.8 Å². The number of nitrogens with one attached hydrogen (secondary N) is 1. The van der Waals surface area contributed by atoms with E-state index in [1.165, 1.54) is 5.56 Å². The molecule has 0 fully saturated rings. The Morgan fingerprint density at radius 1 is 1.00 bits per heavy atom. The Hall–Kier alpha value is -0.770. The van der Waals surface area contributed by atoms with Gasteiger partial charge < -0.3 is 5.32 Å². The molecule has 2 nitrogen and oxygen atoms in total. The zero-order valence-corrected chi connectivity index (χ0v) is 12.2. The lowest BCUT2D eigenvalue weighted by molar-refractivity contribution is 1.12. The molecule has 0 amide bonds. The second-order valence-corrected chi connectivity index (χ2v) is 4.04. The van der Waals surface area contributed by atoms with Crippen LogP contribution in [0, 0.1) is 0 Å². The molecule has 5 heteroatoms. The molecule has 1 aromatic carbocycles. The van der Waals surface area contributed by atoms with E-state index >= 15 is 0 Å². The van der Waals surface area contributed by atoms with Crippen molar-refractivity contribution < 1.29 is 0 Å². The van der Waals surface area contributed by atoms with Gasteiger partial charge >= 0.3 is 0 Å². The normalized spacial score (nSPS) is 8.76. The van der Waals surface area contributed by atoms with Crippen LogP contribution in [0.15, 0.2) is 53.3 Å². The van der Waals surface area contributed by atoms with Crippen LogP contribution in [-0.4, -0.2) is 4.98 Å². The second kappa shape index (κ2) is 8.34. The number of aromatic nitrogens is 1. The van der Waals surface area contributed by atoms with Gasteiger partial charge in [-0.3, -0.25) is 4.98 Å². The number of para-hydroxylation sites is 1. The van der Waals surface area contributed by atoms with Gasteiger partial charge in [-0.15, -0.1) is 24.8 Å². The summed E-state index contributed by atoms with van der Waals surface area (Å²) in [7, 11) is 0. The predicted octanol–water partition coefficient (Wildman–Crippen LogP) is 4.30. The summed E-state index contributed by atoms with van der Waals surface area (Å²) in [5.41, 5.74) is 2.33. The molecule has 0 radical (unpaired) electrons. The van der Waals surface area contributed by atoms with E-state index in [1.54, 1.807) is 12.4 Å². The van der Waals surface area contributed by atoms with Crippen LogP contribution in [0.1, 0.15) is 5.56 Å². The fourth-order valence-corrected chi connectivity index (χ4v) is 1.73. The molecule has 0 aliphatic heterocycles. The minimum absolute atomic E-state index is 0. The molecule has 1 N–H and O–H groups in total. The van der Waals surface area contributed by atoms with Crippen LogP contribution in [0.2, 0.25) is 0 Å². The van der Waals surface area contributed by atoms with Gasteiger partial charge in [-0.1, -0.05) is 12.1 Å². The second-order valence-electron chi connectivity index (χ2n) is 3.19. The van der Waals surface area contributed by atoms with E-state index in [9.17, 15) is 0 Å². The fourth-order valence-electron chi connectivity index (χ4n) is 1.30. The van der Waals surface area contributed by atoms with E-state index in [-0.39, 0.29) is 24.8 Å². The summed E-state index contributed by atoms with van der Waals surface area (Å²) in [4.78, 5) is 3.98. The molecule has 92 valence electrons. The topological polar surface area (TPSA) is 24.9 Å². The molecule has 0 atom stereocenters. The minimum atomic E-state index is 0. The molecule has 0 unspecified atom stereocenters. The maximum atomic E-state index is 3.98. The van der Waals surface area contributed by atoms with Crippen LogP contribution < -0.4 is 5.32 Å². The zero-order valence-electron chi connectivity index (χ0n) is 8.97. The average Bonchev–Trinajstić information content (AvgIpc) is 2.29. The predicted molar refractivity (Wildman–Crippen MR) is 80.2 cm³/mol. The molecule has 0 bridgehead atoms. The van der Waals surface area contributed by atoms with Crippen molar-refractivity contribution in [1.82, 2.24) is 4.98 Å². The molecule has 0 aliphatic rings. The van der Waals surface area contributed by atoms with E-state index in [2.05, 4.69) is 26.2 Å². The molecule has 17 heavy (non-hydrogen) atoms. The van der Waals surface area contributed by atoms with Crippen LogP contribution in [0.3, 0.4) is 0 Å². The minimum Gasteiger partial charge on any atom is -0.380 e. The third-order valence-electron chi connectivity index (χ3n) is 2.11. The number of nitrogens with zero attached hydrogens (tertiary/aromatic N) is 1. The first kappa shape index (κ1) is 16.2. The Bertz CT molecular complexity index is 438. The number of pyridine rings is 1. The van der Waals surface area contributed by atoms with Crippen LogP contribution in [0.5, 0.6) is 0 Å². The quantitative estimate of drug-likeness (QED) is 0.904. The van der Waals surface area contributed by atoms with Gasteiger partial charge in [-0.05, 0) is 45.8 Å². The average molecular weight is 336 g/mol. The van der Waals surface area contributed by atoms with Gasteiger partial charge in [0.1, 0.15) is 0 Å². The summed E-state index contributed by atoms with van der Waals surface area (Å²) >= 11 is 3.49. The van der Waals surface area contributed by atoms with Crippen molar-refractivity contribution in [3.63, 3.8) is 0 Å². The summed E-state index contributed by atoms with van der Waals surface area (Å²) in [6, 6.07) is 12.1. The van der Waals surface area contributed by atoms with Gasteiger partial charge in [-0.2, -0.15) is 0 Å². The molecular formula is C12H13BrCl2N2. The van der Waals surface area contributed by atoms with Gasteiger partial charge in [0.2, 0.25) is 0 Å². The molecule has 2 aromatic rings. The van der Waals surface area contributed by atoms with Crippen LogP contribution in [-0.2, 0) is 6.54 Å². The Kier molecular flexibility index (Phi) is 7.96. The number of halogens is 3. The van der Waals surface area contributed by atoms with Crippen LogP contribution in [0.4, 0.5) is 5.69 Å². The molecular weight excluding hydrogens is 323 g/mol. The molecule has 1 aromatic heterocycles. The molecule has 1 heterocycles. The number of hydrogen-bond donors (Lipinski definition) is 1. The van der Waals surface area contributed by atoms with Gasteiger partial charge in [0.05, 0.1) is 0 Å². The van der Waals surface area contributed by atoms with Gasteiger partial charge in [0, 0.05) is 29.1 Å². The molecule has 0 saturated heterocycles. The van der Waals surface area contributed by atoms with E-state index in [0.717, 1.165) is 16.7 Å². The first-order valence-corrected chi connectivity index (χ1v) is 5.53. The summed E-state index contributed by atoms with van der Waals surface area (Å²) in [5, 5.41) is 3.35. The lowest BCUT2D eigenvalue weighted by Gasteiger charge is -2.07. The van der Waals surface area contributed by atoms with E-state index < -0.39 is 0 Å². The Balaban J connectivity index is 0.00000128. The highest BCUT2D eigenvalue weighted by Crippen LogP contribution is 2.21. The smallest absolute Gasteiger partial charge is 0.0487 e. The summed E-state index contributed by atoms with van der Waals surface area (Å²) in [6.45, 7) is 0.811. The van der Waals surface area contributed by atoms with Gasteiger partial charge in [-0.25, -0.2) is 0 Å². The highest BCUT2D eigenvalue weighted by Gasteiger charge is 1.97. The molecule has 0 spiro atoms. The van der Waals surface area contributed by atoms with Crippen molar-refractivity contribution in [3.8, 4) is 0 Å². The highest BCUT2D eigenvalue weighted by atomic mass is 79.9.